The lowest BCUT2D eigenvalue weighted by molar-refractivity contribution is 0.0782. The summed E-state index contributed by atoms with van der Waals surface area (Å²) >= 11 is 0. The second-order valence-electron chi connectivity index (χ2n) is 7.51. The molecule has 0 aliphatic rings. The van der Waals surface area contributed by atoms with Crippen LogP contribution in [0.25, 0.3) is 16.9 Å². The van der Waals surface area contributed by atoms with E-state index in [1.54, 1.807) is 44.2 Å². The van der Waals surface area contributed by atoms with Crippen molar-refractivity contribution in [1.82, 2.24) is 9.38 Å². The first-order valence-electron chi connectivity index (χ1n) is 9.34. The number of aromatic hydroxyl groups is 1. The molecule has 0 amide bonds. The predicted molar refractivity (Wildman–Crippen MR) is 111 cm³/mol. The molecule has 4 aromatic rings. The van der Waals surface area contributed by atoms with E-state index in [1.807, 2.05) is 28.8 Å². The molecular weight excluding hydrogens is 369 g/mol. The maximum atomic E-state index is 13.2. The zero-order valence-electron chi connectivity index (χ0n) is 16.2. The Kier molecular flexibility index (Phi) is 4.72. The quantitative estimate of drug-likeness (QED) is 0.462. The zero-order valence-corrected chi connectivity index (χ0v) is 16.2. The third kappa shape index (κ3) is 3.79. The van der Waals surface area contributed by atoms with Gasteiger partial charge in [0.05, 0.1) is 5.60 Å². The van der Waals surface area contributed by atoms with Crippen molar-refractivity contribution in [2.75, 3.05) is 5.32 Å². The summed E-state index contributed by atoms with van der Waals surface area (Å²) in [5.74, 6) is 0.522. The molecular formula is C23H22FN3O2. The summed E-state index contributed by atoms with van der Waals surface area (Å²) in [6, 6.07) is 16.9. The number of nitrogens with one attached hydrogen (secondary N) is 1. The number of imidazole rings is 1. The van der Waals surface area contributed by atoms with Gasteiger partial charge in [-0.15, -0.1) is 0 Å². The first-order chi connectivity index (χ1) is 13.8. The molecule has 0 unspecified atom stereocenters. The lowest BCUT2D eigenvalue weighted by Gasteiger charge is -2.18. The van der Waals surface area contributed by atoms with Crippen LogP contribution in [0.2, 0.25) is 0 Å². The van der Waals surface area contributed by atoms with Crippen LogP contribution in [0.15, 0.2) is 66.9 Å². The topological polar surface area (TPSA) is 69.8 Å². The van der Waals surface area contributed by atoms with Crippen LogP contribution in [0.1, 0.15) is 25.0 Å². The van der Waals surface area contributed by atoms with Crippen LogP contribution in [0.3, 0.4) is 0 Å². The zero-order chi connectivity index (χ0) is 20.6. The van der Waals surface area contributed by atoms with Gasteiger partial charge in [0.1, 0.15) is 28.7 Å². The van der Waals surface area contributed by atoms with Crippen molar-refractivity contribution in [1.29, 1.82) is 0 Å². The van der Waals surface area contributed by atoms with Crippen LogP contribution < -0.4 is 5.32 Å². The molecule has 0 bridgehead atoms. The minimum atomic E-state index is -1.01. The number of hydrogen-bond acceptors (Lipinski definition) is 4. The summed E-state index contributed by atoms with van der Waals surface area (Å²) in [4.78, 5) is 4.69. The van der Waals surface area contributed by atoms with Gasteiger partial charge in [-0.05, 0) is 55.3 Å². The molecule has 0 aliphatic carbocycles. The van der Waals surface area contributed by atoms with Crippen molar-refractivity contribution >= 4 is 11.5 Å². The van der Waals surface area contributed by atoms with Gasteiger partial charge in [-0.3, -0.25) is 4.40 Å². The first kappa shape index (κ1) is 19.0. The number of benzene rings is 2. The largest absolute Gasteiger partial charge is 0.507 e. The number of fused-ring (bicyclic) bond motifs is 1. The molecule has 2 aromatic heterocycles. The van der Waals surface area contributed by atoms with Gasteiger partial charge in [-0.2, -0.15) is 0 Å². The molecule has 2 aromatic carbocycles. The maximum Gasteiger partial charge on any atom is 0.139 e. The van der Waals surface area contributed by atoms with Gasteiger partial charge in [0.15, 0.2) is 0 Å². The third-order valence-corrected chi connectivity index (χ3v) is 4.86. The number of nitrogens with zero attached hydrogens (tertiary/aromatic N) is 2. The Balaban J connectivity index is 1.83. The van der Waals surface area contributed by atoms with Crippen molar-refractivity contribution < 1.29 is 14.6 Å². The summed E-state index contributed by atoms with van der Waals surface area (Å²) < 4.78 is 15.1. The fourth-order valence-electron chi connectivity index (χ4n) is 3.23. The molecule has 6 heteroatoms. The van der Waals surface area contributed by atoms with Crippen LogP contribution in [0, 0.1) is 5.82 Å². The number of para-hydroxylation sites is 1. The van der Waals surface area contributed by atoms with Crippen LogP contribution in [-0.2, 0) is 12.1 Å². The fourth-order valence-corrected chi connectivity index (χ4v) is 3.23. The van der Waals surface area contributed by atoms with Gasteiger partial charge in [-0.1, -0.05) is 30.3 Å². The van der Waals surface area contributed by atoms with Gasteiger partial charge in [0, 0.05) is 18.3 Å². The fraction of sp³-hybridized carbons (Fsp3) is 0.174. The summed E-state index contributed by atoms with van der Waals surface area (Å²) in [5, 5.41) is 24.1. The maximum absolute atomic E-state index is 13.2. The van der Waals surface area contributed by atoms with E-state index in [1.165, 1.54) is 12.1 Å². The Morgan fingerprint density at radius 3 is 2.45 bits per heavy atom. The lowest BCUT2D eigenvalue weighted by atomic mass is 10.0. The summed E-state index contributed by atoms with van der Waals surface area (Å²) in [7, 11) is 0. The number of pyridine rings is 1. The number of phenolic OH excluding ortho intramolecular Hbond substituents is 1. The summed E-state index contributed by atoms with van der Waals surface area (Å²) in [6.07, 6.45) is 1.83. The van der Waals surface area contributed by atoms with Crippen molar-refractivity contribution in [3.63, 3.8) is 0 Å². The van der Waals surface area contributed by atoms with Gasteiger partial charge < -0.3 is 15.5 Å². The molecule has 5 nitrogen and oxygen atoms in total. The molecule has 3 N–H and O–H groups in total. The highest BCUT2D eigenvalue weighted by Gasteiger charge is 2.21. The number of rotatable bonds is 5. The van der Waals surface area contributed by atoms with Crippen molar-refractivity contribution in [3.05, 3.63) is 83.8 Å². The van der Waals surface area contributed by atoms with Crippen LogP contribution >= 0.6 is 0 Å². The number of halogens is 1. The second kappa shape index (κ2) is 7.22. The SMILES string of the molecule is CC(C)(O)c1ccc2nc(-c3ccccc3O)c(NCc3ccc(F)cc3)n2c1. The molecule has 0 radical (unpaired) electrons. The molecule has 4 rings (SSSR count). The molecule has 0 fully saturated rings. The Hall–Kier alpha value is -3.38. The number of phenols is 1. The Morgan fingerprint density at radius 1 is 1.03 bits per heavy atom. The molecule has 0 atom stereocenters. The van der Waals surface area contributed by atoms with Gasteiger partial charge in [0.2, 0.25) is 0 Å². The Labute approximate surface area is 168 Å². The van der Waals surface area contributed by atoms with Gasteiger partial charge >= 0.3 is 0 Å². The standard InChI is InChI=1S/C23H22FN3O2/c1-23(2,29)16-9-12-20-26-21(18-5-3-4-6-19(18)28)22(27(20)14-16)25-13-15-7-10-17(24)11-8-15/h3-12,14,25,28-29H,13H2,1-2H3. The van der Waals surface area contributed by atoms with Crippen molar-refractivity contribution in [3.8, 4) is 17.0 Å². The van der Waals surface area contributed by atoms with Crippen LogP contribution in [0.4, 0.5) is 10.2 Å². The molecule has 29 heavy (non-hydrogen) atoms. The smallest absolute Gasteiger partial charge is 0.139 e. The predicted octanol–water partition coefficient (Wildman–Crippen LogP) is 4.69. The highest BCUT2D eigenvalue weighted by Crippen LogP contribution is 2.35. The number of anilines is 1. The molecule has 0 spiro atoms. The van der Waals surface area contributed by atoms with E-state index < -0.39 is 5.60 Å². The second-order valence-corrected chi connectivity index (χ2v) is 7.51. The Bertz CT molecular complexity index is 1160. The Morgan fingerprint density at radius 2 is 1.76 bits per heavy atom. The highest BCUT2D eigenvalue weighted by molar-refractivity contribution is 5.80. The monoisotopic (exact) mass is 391 g/mol. The average Bonchev–Trinajstić information content (AvgIpc) is 3.05. The molecule has 0 saturated heterocycles. The van der Waals surface area contributed by atoms with E-state index in [4.69, 9.17) is 4.98 Å². The number of aromatic nitrogens is 2. The van der Waals surface area contributed by atoms with Crippen molar-refractivity contribution in [2.24, 2.45) is 0 Å². The van der Waals surface area contributed by atoms with Crippen LogP contribution in [-0.4, -0.2) is 19.6 Å². The normalized spacial score (nSPS) is 11.7. The average molecular weight is 391 g/mol. The van der Waals surface area contributed by atoms with E-state index in [9.17, 15) is 14.6 Å². The van der Waals surface area contributed by atoms with E-state index in [2.05, 4.69) is 5.32 Å². The molecule has 0 saturated carbocycles. The van der Waals surface area contributed by atoms with Crippen LogP contribution in [0.5, 0.6) is 5.75 Å². The minimum absolute atomic E-state index is 0.128. The molecule has 148 valence electrons. The first-order valence-corrected chi connectivity index (χ1v) is 9.34. The summed E-state index contributed by atoms with van der Waals surface area (Å²) in [5.41, 5.74) is 2.50. The van der Waals surface area contributed by atoms with Crippen molar-refractivity contribution in [2.45, 2.75) is 26.0 Å². The minimum Gasteiger partial charge on any atom is -0.507 e. The number of aliphatic hydroxyl groups is 1. The van der Waals surface area contributed by atoms with Gasteiger partial charge in [0.25, 0.3) is 0 Å². The summed E-state index contributed by atoms with van der Waals surface area (Å²) in [6.45, 7) is 3.89. The van der Waals surface area contributed by atoms with E-state index in [0.717, 1.165) is 11.1 Å². The lowest BCUT2D eigenvalue weighted by Crippen LogP contribution is -2.16. The third-order valence-electron chi connectivity index (χ3n) is 4.86. The van der Waals surface area contributed by atoms with E-state index >= 15 is 0 Å². The number of hydrogen-bond donors (Lipinski definition) is 3. The molecule has 0 aliphatic heterocycles. The molecule has 2 heterocycles. The van der Waals surface area contributed by atoms with Gasteiger partial charge in [-0.25, -0.2) is 9.37 Å². The van der Waals surface area contributed by atoms with E-state index in [0.29, 0.717) is 29.3 Å². The highest BCUT2D eigenvalue weighted by atomic mass is 19.1. The van der Waals surface area contributed by atoms with E-state index in [-0.39, 0.29) is 11.6 Å².